The fourth-order valence-electron chi connectivity index (χ4n) is 3.98. The fraction of sp³-hybridized carbons (Fsp3) is 0.500. The average Bonchev–Trinajstić information content (AvgIpc) is 3.28. The molecule has 2 aliphatic heterocycles. The number of aromatic amines is 1. The summed E-state index contributed by atoms with van der Waals surface area (Å²) in [6.07, 6.45) is 2.76. The highest BCUT2D eigenvalue weighted by Crippen LogP contribution is 2.37. The first-order valence-electron chi connectivity index (χ1n) is 8.44. The molecule has 2 aromatic rings. The predicted molar refractivity (Wildman–Crippen MR) is 91.2 cm³/mol. The number of rotatable bonds is 5. The number of ether oxygens (including phenoxy) is 2. The zero-order valence-corrected chi connectivity index (χ0v) is 13.9. The lowest BCUT2D eigenvalue weighted by Gasteiger charge is -2.24. The highest BCUT2D eigenvalue weighted by atomic mass is 16.5. The molecule has 2 atom stereocenters. The van der Waals surface area contributed by atoms with Gasteiger partial charge in [0, 0.05) is 42.7 Å². The van der Waals surface area contributed by atoms with Crippen molar-refractivity contribution in [2.24, 2.45) is 11.3 Å². The zero-order valence-electron chi connectivity index (χ0n) is 13.9. The number of amides is 1. The van der Waals surface area contributed by atoms with Gasteiger partial charge in [-0.05, 0) is 24.1 Å². The normalized spacial score (nSPS) is 25.8. The van der Waals surface area contributed by atoms with E-state index in [-0.39, 0.29) is 11.3 Å². The molecule has 2 fully saturated rings. The first-order chi connectivity index (χ1) is 11.7. The average molecular weight is 329 g/mol. The van der Waals surface area contributed by atoms with E-state index in [1.807, 2.05) is 24.4 Å². The summed E-state index contributed by atoms with van der Waals surface area (Å²) in [5, 5.41) is 7.53. The molecule has 128 valence electrons. The van der Waals surface area contributed by atoms with Crippen molar-refractivity contribution in [2.45, 2.75) is 6.42 Å². The van der Waals surface area contributed by atoms with Gasteiger partial charge in [0.2, 0.25) is 5.91 Å². The van der Waals surface area contributed by atoms with E-state index in [1.54, 1.807) is 7.11 Å². The first kappa shape index (κ1) is 15.5. The third-order valence-corrected chi connectivity index (χ3v) is 5.39. The molecule has 0 spiro atoms. The van der Waals surface area contributed by atoms with Crippen molar-refractivity contribution in [3.8, 4) is 5.75 Å². The molecule has 0 bridgehead atoms. The number of fused-ring (bicyclic) bond motifs is 2. The molecule has 2 aliphatic rings. The summed E-state index contributed by atoms with van der Waals surface area (Å²) in [6, 6.07) is 5.96. The number of hydrogen-bond donors (Lipinski definition) is 3. The van der Waals surface area contributed by atoms with Gasteiger partial charge in [0.05, 0.1) is 25.7 Å². The Bertz CT molecular complexity index is 745. The van der Waals surface area contributed by atoms with Crippen molar-refractivity contribution in [3.05, 3.63) is 30.0 Å². The number of methoxy groups -OCH3 is 1. The Morgan fingerprint density at radius 1 is 1.50 bits per heavy atom. The Morgan fingerprint density at radius 2 is 2.42 bits per heavy atom. The third-order valence-electron chi connectivity index (χ3n) is 5.39. The van der Waals surface area contributed by atoms with Gasteiger partial charge < -0.3 is 25.1 Å². The summed E-state index contributed by atoms with van der Waals surface area (Å²) in [5.41, 5.74) is 1.83. The summed E-state index contributed by atoms with van der Waals surface area (Å²) in [7, 11) is 1.68. The van der Waals surface area contributed by atoms with Crippen molar-refractivity contribution < 1.29 is 14.3 Å². The molecule has 3 heterocycles. The van der Waals surface area contributed by atoms with Gasteiger partial charge in [0.15, 0.2) is 0 Å². The highest BCUT2D eigenvalue weighted by Gasteiger charge is 2.52. The van der Waals surface area contributed by atoms with Gasteiger partial charge >= 0.3 is 0 Å². The molecule has 1 aromatic heterocycles. The van der Waals surface area contributed by atoms with Gasteiger partial charge in [-0.3, -0.25) is 4.79 Å². The van der Waals surface area contributed by atoms with E-state index >= 15 is 0 Å². The largest absolute Gasteiger partial charge is 0.496 e. The van der Waals surface area contributed by atoms with Crippen LogP contribution in [0.5, 0.6) is 5.75 Å². The van der Waals surface area contributed by atoms with Crippen LogP contribution in [0.25, 0.3) is 10.9 Å². The molecule has 2 saturated heterocycles. The maximum Gasteiger partial charge on any atom is 0.230 e. The monoisotopic (exact) mass is 329 g/mol. The van der Waals surface area contributed by atoms with Crippen LogP contribution >= 0.6 is 0 Å². The Hall–Kier alpha value is -2.05. The molecule has 0 saturated carbocycles. The first-order valence-corrected chi connectivity index (χ1v) is 8.44. The van der Waals surface area contributed by atoms with Crippen LogP contribution in [-0.2, 0) is 16.0 Å². The minimum atomic E-state index is -0.377. The number of H-pyrrole nitrogens is 1. The molecule has 0 radical (unpaired) electrons. The van der Waals surface area contributed by atoms with Gasteiger partial charge in [0.25, 0.3) is 0 Å². The van der Waals surface area contributed by atoms with Crippen molar-refractivity contribution in [1.29, 1.82) is 0 Å². The van der Waals surface area contributed by atoms with E-state index < -0.39 is 0 Å². The van der Waals surface area contributed by atoms with E-state index in [0.717, 1.165) is 35.2 Å². The summed E-state index contributed by atoms with van der Waals surface area (Å²) >= 11 is 0. The third kappa shape index (κ3) is 2.37. The van der Waals surface area contributed by atoms with Crippen LogP contribution in [0.15, 0.2) is 24.4 Å². The van der Waals surface area contributed by atoms with Crippen LogP contribution in [0.3, 0.4) is 0 Å². The Morgan fingerprint density at radius 3 is 3.29 bits per heavy atom. The predicted octanol–water partition coefficient (Wildman–Crippen LogP) is 1.07. The number of carbonyl (C=O) groups excluding carboxylic acids is 1. The fourth-order valence-corrected chi connectivity index (χ4v) is 3.98. The molecular weight excluding hydrogens is 306 g/mol. The van der Waals surface area contributed by atoms with E-state index in [0.29, 0.717) is 32.2 Å². The second-order valence-corrected chi connectivity index (χ2v) is 6.70. The quantitative estimate of drug-likeness (QED) is 0.767. The van der Waals surface area contributed by atoms with Crippen LogP contribution in [0.1, 0.15) is 5.56 Å². The van der Waals surface area contributed by atoms with Crippen LogP contribution < -0.4 is 15.4 Å². The lowest BCUT2D eigenvalue weighted by Crippen LogP contribution is -2.46. The molecule has 6 nitrogen and oxygen atoms in total. The highest BCUT2D eigenvalue weighted by molar-refractivity contribution is 5.89. The van der Waals surface area contributed by atoms with Crippen molar-refractivity contribution in [3.63, 3.8) is 0 Å². The second-order valence-electron chi connectivity index (χ2n) is 6.70. The maximum absolute atomic E-state index is 12.7. The second kappa shape index (κ2) is 6.11. The van der Waals surface area contributed by atoms with Crippen molar-refractivity contribution in [1.82, 2.24) is 15.6 Å². The lowest BCUT2D eigenvalue weighted by atomic mass is 9.80. The number of benzene rings is 1. The van der Waals surface area contributed by atoms with Crippen molar-refractivity contribution >= 4 is 16.8 Å². The van der Waals surface area contributed by atoms with Crippen molar-refractivity contribution in [2.75, 3.05) is 40.0 Å². The summed E-state index contributed by atoms with van der Waals surface area (Å²) in [6.45, 7) is 3.40. The Kier molecular flexibility index (Phi) is 3.94. The zero-order chi connectivity index (χ0) is 16.6. The van der Waals surface area contributed by atoms with Gasteiger partial charge in [-0.2, -0.15) is 0 Å². The maximum atomic E-state index is 12.7. The van der Waals surface area contributed by atoms with E-state index in [9.17, 15) is 4.79 Å². The number of carbonyl (C=O) groups is 1. The number of hydrogen-bond acceptors (Lipinski definition) is 4. The van der Waals surface area contributed by atoms with Crippen LogP contribution in [0.4, 0.5) is 0 Å². The van der Waals surface area contributed by atoms with E-state index in [4.69, 9.17) is 9.47 Å². The van der Waals surface area contributed by atoms with Gasteiger partial charge in [-0.15, -0.1) is 0 Å². The minimum absolute atomic E-state index is 0.113. The molecule has 6 heteroatoms. The number of aromatic nitrogens is 1. The summed E-state index contributed by atoms with van der Waals surface area (Å²) in [5.74, 6) is 1.27. The molecule has 3 N–H and O–H groups in total. The van der Waals surface area contributed by atoms with Gasteiger partial charge in [-0.25, -0.2) is 0 Å². The SMILES string of the molecule is COc1cccc2[nH]cc(CCNC(=O)[C@]34CNC[C@H]3COC4)c12. The minimum Gasteiger partial charge on any atom is -0.496 e. The molecular formula is C18H23N3O3. The van der Waals surface area contributed by atoms with E-state index in [1.165, 1.54) is 0 Å². The standard InChI is InChI=1S/C18H23N3O3/c1-23-15-4-2-3-14-16(15)12(7-21-14)5-6-20-17(22)18-10-19-8-13(18)9-24-11-18/h2-4,7,13,19,21H,5-6,8-11H2,1H3,(H,20,22)/t13-,18-/m0/s1. The van der Waals surface area contributed by atoms with Crippen LogP contribution in [0.2, 0.25) is 0 Å². The van der Waals surface area contributed by atoms with Crippen LogP contribution in [0, 0.1) is 11.3 Å². The van der Waals surface area contributed by atoms with Crippen LogP contribution in [-0.4, -0.2) is 50.8 Å². The summed E-state index contributed by atoms with van der Waals surface area (Å²) in [4.78, 5) is 16.0. The lowest BCUT2D eigenvalue weighted by molar-refractivity contribution is -0.131. The topological polar surface area (TPSA) is 75.4 Å². The Balaban J connectivity index is 1.44. The van der Waals surface area contributed by atoms with E-state index in [2.05, 4.69) is 15.6 Å². The molecule has 1 aromatic carbocycles. The molecule has 1 amide bonds. The number of nitrogens with one attached hydrogen (secondary N) is 3. The molecule has 0 unspecified atom stereocenters. The Labute approximate surface area is 140 Å². The molecule has 24 heavy (non-hydrogen) atoms. The smallest absolute Gasteiger partial charge is 0.230 e. The summed E-state index contributed by atoms with van der Waals surface area (Å²) < 4.78 is 11.0. The molecule has 0 aliphatic carbocycles. The molecule has 4 rings (SSSR count). The van der Waals surface area contributed by atoms with Gasteiger partial charge in [-0.1, -0.05) is 6.07 Å². The van der Waals surface area contributed by atoms with Gasteiger partial charge in [0.1, 0.15) is 5.75 Å².